The smallest absolute Gasteiger partial charge is 0.311 e. The van der Waals surface area contributed by atoms with Gasteiger partial charge in [0.2, 0.25) is 0 Å². The van der Waals surface area contributed by atoms with Gasteiger partial charge in [-0.25, -0.2) is 0 Å². The van der Waals surface area contributed by atoms with E-state index in [0.717, 1.165) is 44.3 Å². The number of unbranched alkanes of at least 4 members (excludes halogenated alkanes) is 1. The third-order valence-corrected chi connectivity index (χ3v) is 10.8. The Balaban J connectivity index is 2.62. The summed E-state index contributed by atoms with van der Waals surface area (Å²) in [5.74, 6) is 0.296. The van der Waals surface area contributed by atoms with Crippen molar-refractivity contribution < 1.29 is 14.0 Å². The van der Waals surface area contributed by atoms with Gasteiger partial charge < -0.3 is 9.16 Å². The molecule has 0 aliphatic carbocycles. The Bertz CT molecular complexity index is 663. The SMILES string of the molecule is COC(=O)C(C)(C)CC(C/C=C/c1cccnc1)CCCCO[Si](C)(C)C(C)(C)C. The molecule has 1 aromatic rings. The van der Waals surface area contributed by atoms with Gasteiger partial charge in [0.05, 0.1) is 12.5 Å². The van der Waals surface area contributed by atoms with Crippen LogP contribution in [0.1, 0.15) is 72.3 Å². The number of rotatable bonds is 12. The van der Waals surface area contributed by atoms with Gasteiger partial charge in [-0.1, -0.05) is 51.8 Å². The third-order valence-electron chi connectivity index (χ3n) is 6.28. The second-order valence-corrected chi connectivity index (χ2v) is 15.3. The van der Waals surface area contributed by atoms with Crippen LogP contribution >= 0.6 is 0 Å². The molecule has 0 aliphatic rings. The Morgan fingerprint density at radius 2 is 1.90 bits per heavy atom. The minimum absolute atomic E-state index is 0.134. The van der Waals surface area contributed by atoms with Crippen molar-refractivity contribution in [3.63, 3.8) is 0 Å². The lowest BCUT2D eigenvalue weighted by molar-refractivity contribution is -0.151. The highest BCUT2D eigenvalue weighted by molar-refractivity contribution is 6.74. The van der Waals surface area contributed by atoms with Crippen LogP contribution in [0.5, 0.6) is 0 Å². The molecule has 0 amide bonds. The number of aromatic nitrogens is 1. The van der Waals surface area contributed by atoms with Crippen molar-refractivity contribution in [2.75, 3.05) is 13.7 Å². The number of methoxy groups -OCH3 is 1. The number of hydrogen-bond acceptors (Lipinski definition) is 4. The van der Waals surface area contributed by atoms with Crippen molar-refractivity contribution in [3.05, 3.63) is 36.2 Å². The monoisotopic (exact) mass is 433 g/mol. The van der Waals surface area contributed by atoms with Gasteiger partial charge in [0.1, 0.15) is 0 Å². The number of carbonyl (C=O) groups is 1. The molecule has 1 unspecified atom stereocenters. The molecular weight excluding hydrogens is 390 g/mol. The standard InChI is InChI=1S/C25H43NO3Si/c1-24(2,3)30(7,8)29-18-10-9-13-21(19-25(4,5)23(27)28-6)14-11-15-22-16-12-17-26-20-22/h11-12,15-17,20-21H,9-10,13-14,18-19H2,1-8H3/b15-11+. The fraction of sp³-hybridized carbons (Fsp3) is 0.680. The van der Waals surface area contributed by atoms with E-state index in [0.29, 0.717) is 5.92 Å². The predicted octanol–water partition coefficient (Wildman–Crippen LogP) is 6.88. The molecule has 1 heterocycles. The molecule has 170 valence electrons. The van der Waals surface area contributed by atoms with Crippen molar-refractivity contribution in [1.29, 1.82) is 0 Å². The van der Waals surface area contributed by atoms with E-state index >= 15 is 0 Å². The molecule has 4 nitrogen and oxygen atoms in total. The number of carbonyl (C=O) groups excluding carboxylic acids is 1. The van der Waals surface area contributed by atoms with E-state index < -0.39 is 13.7 Å². The molecular formula is C25H43NO3Si. The number of allylic oxidation sites excluding steroid dienone is 1. The molecule has 0 radical (unpaired) electrons. The second-order valence-electron chi connectivity index (χ2n) is 10.5. The highest BCUT2D eigenvalue weighted by atomic mass is 28.4. The van der Waals surface area contributed by atoms with Gasteiger partial charge in [-0.15, -0.1) is 0 Å². The lowest BCUT2D eigenvalue weighted by Gasteiger charge is -2.36. The Morgan fingerprint density at radius 1 is 1.20 bits per heavy atom. The van der Waals surface area contributed by atoms with E-state index in [4.69, 9.17) is 9.16 Å². The van der Waals surface area contributed by atoms with Gasteiger partial charge in [-0.2, -0.15) is 0 Å². The highest BCUT2D eigenvalue weighted by Crippen LogP contribution is 2.37. The van der Waals surface area contributed by atoms with Gasteiger partial charge in [0, 0.05) is 19.0 Å². The van der Waals surface area contributed by atoms with Gasteiger partial charge in [0.25, 0.3) is 0 Å². The zero-order chi connectivity index (χ0) is 22.8. The topological polar surface area (TPSA) is 48.4 Å². The number of ether oxygens (including phenoxy) is 1. The maximum absolute atomic E-state index is 12.2. The molecule has 5 heteroatoms. The second kappa shape index (κ2) is 11.8. The normalized spacial score (nSPS) is 14.1. The van der Waals surface area contributed by atoms with Crippen LogP contribution in [0.3, 0.4) is 0 Å². The van der Waals surface area contributed by atoms with Crippen molar-refractivity contribution in [3.8, 4) is 0 Å². The van der Waals surface area contributed by atoms with Crippen molar-refractivity contribution in [2.45, 2.75) is 84.9 Å². The molecule has 0 N–H and O–H groups in total. The van der Waals surface area contributed by atoms with Crippen LogP contribution in [0.4, 0.5) is 0 Å². The molecule has 1 rings (SSSR count). The summed E-state index contributed by atoms with van der Waals surface area (Å²) >= 11 is 0. The van der Waals surface area contributed by atoms with Gasteiger partial charge in [-0.05, 0) is 68.8 Å². The summed E-state index contributed by atoms with van der Waals surface area (Å²) < 4.78 is 11.3. The Kier molecular flexibility index (Phi) is 10.5. The summed E-state index contributed by atoms with van der Waals surface area (Å²) in [6.45, 7) is 16.2. The van der Waals surface area contributed by atoms with Crippen LogP contribution in [0.15, 0.2) is 30.6 Å². The maximum atomic E-state index is 12.2. The zero-order valence-corrected chi connectivity index (χ0v) is 21.5. The molecule has 0 fully saturated rings. The van der Waals surface area contributed by atoms with Crippen molar-refractivity contribution in [1.82, 2.24) is 4.98 Å². The summed E-state index contributed by atoms with van der Waals surface area (Å²) in [4.78, 5) is 16.3. The maximum Gasteiger partial charge on any atom is 0.311 e. The summed E-state index contributed by atoms with van der Waals surface area (Å²) in [6, 6.07) is 4.00. The molecule has 0 aliphatic heterocycles. The summed E-state index contributed by atoms with van der Waals surface area (Å²) in [5, 5.41) is 0.247. The molecule has 0 bridgehead atoms. The minimum atomic E-state index is -1.68. The first-order valence-electron chi connectivity index (χ1n) is 11.2. The van der Waals surface area contributed by atoms with Crippen molar-refractivity contribution >= 4 is 20.4 Å². The summed E-state index contributed by atoms with van der Waals surface area (Å²) in [7, 11) is -0.205. The van der Waals surface area contributed by atoms with E-state index in [1.165, 1.54) is 7.11 Å². The fourth-order valence-electron chi connectivity index (χ4n) is 3.33. The van der Waals surface area contributed by atoms with Gasteiger partial charge >= 0.3 is 5.97 Å². The average Bonchev–Trinajstić information content (AvgIpc) is 2.66. The van der Waals surface area contributed by atoms with Gasteiger partial charge in [0.15, 0.2) is 8.32 Å². The van der Waals surface area contributed by atoms with E-state index in [-0.39, 0.29) is 11.0 Å². The number of nitrogens with zero attached hydrogens (tertiary/aromatic N) is 1. The Labute approximate surface area is 185 Å². The number of hydrogen-bond donors (Lipinski definition) is 0. The molecule has 1 atom stereocenters. The molecule has 0 spiro atoms. The van der Waals surface area contributed by atoms with Crippen LogP contribution in [-0.4, -0.2) is 33.0 Å². The predicted molar refractivity (Wildman–Crippen MR) is 129 cm³/mol. The fourth-order valence-corrected chi connectivity index (χ4v) is 4.42. The zero-order valence-electron chi connectivity index (χ0n) is 20.5. The minimum Gasteiger partial charge on any atom is -0.469 e. The highest BCUT2D eigenvalue weighted by Gasteiger charge is 2.37. The first kappa shape index (κ1) is 26.6. The molecule has 1 aromatic heterocycles. The van der Waals surface area contributed by atoms with E-state index in [1.54, 1.807) is 6.20 Å². The average molecular weight is 434 g/mol. The third kappa shape index (κ3) is 9.13. The van der Waals surface area contributed by atoms with Gasteiger partial charge in [-0.3, -0.25) is 9.78 Å². The summed E-state index contributed by atoms with van der Waals surface area (Å²) in [6.07, 6.45) is 13.0. The van der Waals surface area contributed by atoms with Crippen LogP contribution in [0.2, 0.25) is 18.1 Å². The first-order chi connectivity index (χ1) is 13.9. The lowest BCUT2D eigenvalue weighted by Crippen LogP contribution is -2.40. The van der Waals surface area contributed by atoms with Crippen LogP contribution in [0, 0.1) is 11.3 Å². The van der Waals surface area contributed by atoms with Crippen molar-refractivity contribution in [2.24, 2.45) is 11.3 Å². The largest absolute Gasteiger partial charge is 0.469 e. The van der Waals surface area contributed by atoms with Crippen LogP contribution in [0.25, 0.3) is 6.08 Å². The van der Waals surface area contributed by atoms with Crippen LogP contribution < -0.4 is 0 Å². The van der Waals surface area contributed by atoms with E-state index in [1.807, 2.05) is 26.1 Å². The number of esters is 1. The summed E-state index contributed by atoms with van der Waals surface area (Å²) in [5.41, 5.74) is 0.630. The number of pyridine rings is 1. The van der Waals surface area contributed by atoms with E-state index in [9.17, 15) is 4.79 Å². The Morgan fingerprint density at radius 3 is 2.47 bits per heavy atom. The molecule has 0 aromatic carbocycles. The first-order valence-corrected chi connectivity index (χ1v) is 14.1. The Hall–Kier alpha value is -1.46. The van der Waals surface area contributed by atoms with Crippen LogP contribution in [-0.2, 0) is 14.0 Å². The lowest BCUT2D eigenvalue weighted by atomic mass is 9.79. The molecule has 0 saturated heterocycles. The quantitative estimate of drug-likeness (QED) is 0.205. The molecule has 30 heavy (non-hydrogen) atoms. The molecule has 0 saturated carbocycles. The van der Waals surface area contributed by atoms with E-state index in [2.05, 4.69) is 57.1 Å².